The third-order valence-corrected chi connectivity index (χ3v) is 1.09. The summed E-state index contributed by atoms with van der Waals surface area (Å²) in [5.74, 6) is 0. The highest BCUT2D eigenvalue weighted by molar-refractivity contribution is 8.02. The monoisotopic (exact) mass is 154 g/mol. The van der Waals surface area contributed by atoms with E-state index in [9.17, 15) is 13.0 Å². The number of hydrogen-bond acceptors (Lipinski definition) is 5. The van der Waals surface area contributed by atoms with Crippen LogP contribution in [-0.4, -0.2) is 24.8 Å². The van der Waals surface area contributed by atoms with Crippen molar-refractivity contribution in [3.63, 3.8) is 0 Å². The van der Waals surface area contributed by atoms with Gasteiger partial charge in [-0.15, -0.1) is 0 Å². The summed E-state index contributed by atoms with van der Waals surface area (Å²) in [7, 11) is -4.25. The smallest absolute Gasteiger partial charge is 0.135 e. The molecule has 8 heavy (non-hydrogen) atoms. The average molecular weight is 154 g/mol. The Morgan fingerprint density at radius 2 is 2.25 bits per heavy atom. The number of nitrogens with zero attached hydrogens (tertiary/aromatic N) is 1. The second-order valence-electron chi connectivity index (χ2n) is 0.886. The molecule has 0 spiro atoms. The predicted molar refractivity (Wildman–Crippen MR) is 31.7 cm³/mol. The van der Waals surface area contributed by atoms with E-state index in [1.807, 2.05) is 0 Å². The lowest BCUT2D eigenvalue weighted by Crippen LogP contribution is -1.96. The first-order chi connectivity index (χ1) is 3.56. The van der Waals surface area contributed by atoms with Gasteiger partial charge in [-0.1, -0.05) is 0 Å². The van der Waals surface area contributed by atoms with E-state index >= 15 is 0 Å². The van der Waals surface area contributed by atoms with Crippen molar-refractivity contribution >= 4 is 27.6 Å². The zero-order valence-corrected chi connectivity index (χ0v) is 5.70. The Morgan fingerprint density at radius 1 is 1.75 bits per heavy atom. The first kappa shape index (κ1) is 7.93. The Hall–Kier alpha value is -0.0700. The van der Waals surface area contributed by atoms with Crippen molar-refractivity contribution in [1.82, 2.24) is 0 Å². The van der Waals surface area contributed by atoms with Crippen molar-refractivity contribution in [3.05, 3.63) is 0 Å². The summed E-state index contributed by atoms with van der Waals surface area (Å²) < 4.78 is 32.2. The highest BCUT2D eigenvalue weighted by Gasteiger charge is 1.80. The Kier molecular flexibility index (Phi) is 3.03. The van der Waals surface area contributed by atoms with E-state index < -0.39 is 10.1 Å². The lowest BCUT2D eigenvalue weighted by Gasteiger charge is -1.93. The highest BCUT2D eigenvalue weighted by atomic mass is 32.2. The third kappa shape index (κ3) is 5.93. The molecule has 0 aromatic carbocycles. The van der Waals surface area contributed by atoms with E-state index in [2.05, 4.69) is 4.40 Å². The van der Waals surface area contributed by atoms with Gasteiger partial charge in [-0.2, -0.15) is 0 Å². The van der Waals surface area contributed by atoms with Crippen LogP contribution in [0.5, 0.6) is 0 Å². The number of hydrogen-bond donors (Lipinski definition) is 0. The minimum Gasteiger partial charge on any atom is -0.743 e. The maximum Gasteiger partial charge on any atom is 0.135 e. The minimum atomic E-state index is -4.25. The van der Waals surface area contributed by atoms with Crippen LogP contribution >= 0.6 is 11.9 Å². The quantitative estimate of drug-likeness (QED) is 0.240. The normalized spacial score (nSPS) is 12.8. The molecule has 48 valence electrons. The zero-order chi connectivity index (χ0) is 6.62. The molecule has 0 amide bonds. The van der Waals surface area contributed by atoms with Crippen LogP contribution in [0.4, 0.5) is 0 Å². The molecule has 0 aromatic heterocycles. The summed E-state index contributed by atoms with van der Waals surface area (Å²) in [6, 6.07) is 0. The highest BCUT2D eigenvalue weighted by Crippen LogP contribution is 1.90. The van der Waals surface area contributed by atoms with Crippen LogP contribution < -0.4 is 0 Å². The van der Waals surface area contributed by atoms with E-state index in [1.165, 1.54) is 0 Å². The van der Waals surface area contributed by atoms with Crippen LogP contribution in [0, 0.1) is 0 Å². The minimum absolute atomic E-state index is 0.373. The van der Waals surface area contributed by atoms with Gasteiger partial charge >= 0.3 is 0 Å². The largest absolute Gasteiger partial charge is 0.743 e. The summed E-state index contributed by atoms with van der Waals surface area (Å²) >= 11 is 0.919. The molecular formula is C2H4NO3S2-. The molecule has 0 aliphatic heterocycles. The molecule has 0 rings (SSSR count). The van der Waals surface area contributed by atoms with Gasteiger partial charge in [0, 0.05) is 6.26 Å². The Bertz CT molecular complexity index is 170. The summed E-state index contributed by atoms with van der Waals surface area (Å²) in [5.41, 5.74) is 0.373. The molecule has 0 fully saturated rings. The molecular weight excluding hydrogens is 150 g/mol. The summed E-state index contributed by atoms with van der Waals surface area (Å²) in [6.45, 7) is 0. The SMILES string of the molecule is CS/N=C/S(=O)(=O)[O-]. The number of rotatable bonds is 2. The standard InChI is InChI=1S/C2H5NO3S2/c1-7-3-2-8(4,5)6/h2H,1H3,(H,4,5,6)/p-1/b3-2+. The van der Waals surface area contributed by atoms with Crippen molar-refractivity contribution in [1.29, 1.82) is 0 Å². The maximum absolute atomic E-state index is 9.67. The van der Waals surface area contributed by atoms with Gasteiger partial charge in [0.1, 0.15) is 15.7 Å². The summed E-state index contributed by atoms with van der Waals surface area (Å²) in [5, 5.41) is 0. The van der Waals surface area contributed by atoms with E-state index in [0.717, 1.165) is 11.9 Å². The van der Waals surface area contributed by atoms with Crippen molar-refractivity contribution in [2.75, 3.05) is 6.26 Å². The van der Waals surface area contributed by atoms with E-state index in [1.54, 1.807) is 6.26 Å². The second-order valence-corrected chi connectivity index (χ2v) is 2.66. The molecule has 0 aromatic rings. The molecule has 0 saturated heterocycles. The van der Waals surface area contributed by atoms with Crippen molar-refractivity contribution in [2.45, 2.75) is 0 Å². The molecule has 0 unspecified atom stereocenters. The molecule has 0 bridgehead atoms. The third-order valence-electron chi connectivity index (χ3n) is 0.278. The van der Waals surface area contributed by atoms with Crippen molar-refractivity contribution < 1.29 is 13.0 Å². The average Bonchev–Trinajstić information content (AvgIpc) is 1.59. The van der Waals surface area contributed by atoms with Crippen molar-refractivity contribution in [3.8, 4) is 0 Å². The molecule has 0 aliphatic carbocycles. The van der Waals surface area contributed by atoms with Gasteiger partial charge in [-0.25, -0.2) is 12.8 Å². The molecule has 0 radical (unpaired) electrons. The Labute approximate surface area is 51.9 Å². The molecule has 0 heterocycles. The molecule has 6 heteroatoms. The molecule has 0 saturated carbocycles. The second kappa shape index (κ2) is 3.06. The van der Waals surface area contributed by atoms with Gasteiger partial charge in [0.2, 0.25) is 0 Å². The van der Waals surface area contributed by atoms with Crippen LogP contribution in [0.3, 0.4) is 0 Å². The van der Waals surface area contributed by atoms with Crippen molar-refractivity contribution in [2.24, 2.45) is 4.40 Å². The van der Waals surface area contributed by atoms with Crippen LogP contribution in [0.25, 0.3) is 0 Å². The topological polar surface area (TPSA) is 69.6 Å². The van der Waals surface area contributed by atoms with Crippen LogP contribution in [0.15, 0.2) is 4.40 Å². The fourth-order valence-electron chi connectivity index (χ4n) is 0.0957. The first-order valence-corrected chi connectivity index (χ1v) is 4.24. The summed E-state index contributed by atoms with van der Waals surface area (Å²) in [6.07, 6.45) is 1.56. The van der Waals surface area contributed by atoms with Gasteiger partial charge in [-0.05, 0) is 11.9 Å². The van der Waals surface area contributed by atoms with Crippen LogP contribution in [0.2, 0.25) is 0 Å². The molecule has 0 atom stereocenters. The van der Waals surface area contributed by atoms with Gasteiger partial charge < -0.3 is 4.55 Å². The fraction of sp³-hybridized carbons (Fsp3) is 0.500. The molecule has 0 aliphatic rings. The fourth-order valence-corrected chi connectivity index (χ4v) is 0.862. The Morgan fingerprint density at radius 3 is 2.38 bits per heavy atom. The van der Waals surface area contributed by atoms with Gasteiger partial charge in [0.05, 0.1) is 0 Å². The lowest BCUT2D eigenvalue weighted by atomic mass is 11.7. The van der Waals surface area contributed by atoms with E-state index in [-0.39, 0.29) is 0 Å². The van der Waals surface area contributed by atoms with E-state index in [4.69, 9.17) is 0 Å². The molecule has 4 nitrogen and oxygen atoms in total. The lowest BCUT2D eigenvalue weighted by molar-refractivity contribution is 0.479. The first-order valence-electron chi connectivity index (χ1n) is 1.58. The Balaban J connectivity index is 3.92. The summed E-state index contributed by atoms with van der Waals surface area (Å²) in [4.78, 5) is 0. The van der Waals surface area contributed by atoms with E-state index in [0.29, 0.717) is 5.55 Å². The zero-order valence-electron chi connectivity index (χ0n) is 4.07. The van der Waals surface area contributed by atoms with Gasteiger partial charge in [0.15, 0.2) is 0 Å². The van der Waals surface area contributed by atoms with Gasteiger partial charge in [0.25, 0.3) is 0 Å². The van der Waals surface area contributed by atoms with Gasteiger partial charge in [-0.3, -0.25) is 0 Å². The maximum atomic E-state index is 9.67. The molecule has 0 N–H and O–H groups in total. The van der Waals surface area contributed by atoms with Crippen LogP contribution in [-0.2, 0) is 10.1 Å². The predicted octanol–water partition coefficient (Wildman–Crippen LogP) is -0.162. The van der Waals surface area contributed by atoms with Crippen LogP contribution in [0.1, 0.15) is 0 Å².